The van der Waals surface area contributed by atoms with Gasteiger partial charge in [-0.3, -0.25) is 4.79 Å². The summed E-state index contributed by atoms with van der Waals surface area (Å²) in [6.45, 7) is 0.822. The van der Waals surface area contributed by atoms with Crippen LogP contribution < -0.4 is 5.32 Å². The quantitative estimate of drug-likeness (QED) is 0.854. The van der Waals surface area contributed by atoms with E-state index >= 15 is 0 Å². The van der Waals surface area contributed by atoms with Crippen LogP contribution in [0.2, 0.25) is 5.15 Å². The molecule has 1 unspecified atom stereocenters. The lowest BCUT2D eigenvalue weighted by Gasteiger charge is -2.22. The van der Waals surface area contributed by atoms with E-state index in [0.717, 1.165) is 25.9 Å². The zero-order valence-corrected chi connectivity index (χ0v) is 10.9. The van der Waals surface area contributed by atoms with Crippen molar-refractivity contribution in [1.82, 2.24) is 4.98 Å². The topological polar surface area (TPSA) is 51.2 Å². The zero-order valence-electron chi connectivity index (χ0n) is 10.2. The van der Waals surface area contributed by atoms with E-state index in [1.54, 1.807) is 18.2 Å². The number of nitrogens with zero attached hydrogens (tertiary/aromatic N) is 1. The Balaban J connectivity index is 1.74. The second kappa shape index (κ2) is 6.71. The molecule has 1 fully saturated rings. The normalized spacial score (nSPS) is 19.5. The van der Waals surface area contributed by atoms with Crippen molar-refractivity contribution in [1.29, 1.82) is 0 Å². The summed E-state index contributed by atoms with van der Waals surface area (Å²) >= 11 is 5.74. The molecule has 1 saturated heterocycles. The van der Waals surface area contributed by atoms with Gasteiger partial charge in [-0.15, -0.1) is 0 Å². The van der Waals surface area contributed by atoms with Gasteiger partial charge >= 0.3 is 0 Å². The molecule has 1 atom stereocenters. The maximum absolute atomic E-state index is 11.7. The molecule has 2 heterocycles. The number of amides is 1. The monoisotopic (exact) mass is 268 g/mol. The molecule has 1 aromatic rings. The van der Waals surface area contributed by atoms with Crippen molar-refractivity contribution in [3.63, 3.8) is 0 Å². The van der Waals surface area contributed by atoms with Crippen molar-refractivity contribution >= 4 is 23.3 Å². The highest BCUT2D eigenvalue weighted by atomic mass is 35.5. The third kappa shape index (κ3) is 4.27. The number of carbonyl (C=O) groups excluding carboxylic acids is 1. The summed E-state index contributed by atoms with van der Waals surface area (Å²) in [7, 11) is 0. The molecule has 1 N–H and O–H groups in total. The number of aromatic nitrogens is 1. The molecule has 1 aliphatic heterocycles. The Hall–Kier alpha value is -1.13. The molecule has 0 saturated carbocycles. The average Bonchev–Trinajstić information content (AvgIpc) is 2.38. The smallest absolute Gasteiger partial charge is 0.225 e. The molecule has 18 heavy (non-hydrogen) atoms. The summed E-state index contributed by atoms with van der Waals surface area (Å²) in [5.41, 5.74) is 0. The molecule has 1 aliphatic rings. The first-order valence-corrected chi connectivity index (χ1v) is 6.66. The van der Waals surface area contributed by atoms with Crippen molar-refractivity contribution in [2.75, 3.05) is 11.9 Å². The van der Waals surface area contributed by atoms with E-state index in [4.69, 9.17) is 16.3 Å². The standard InChI is InChI=1S/C13H17ClN2O2/c14-11-5-3-6-12(15-11)16-13(17)8-7-10-4-1-2-9-18-10/h3,5-6,10H,1-2,4,7-9H2,(H,15,16,17). The van der Waals surface area contributed by atoms with Gasteiger partial charge in [0, 0.05) is 13.0 Å². The molecule has 1 amide bonds. The van der Waals surface area contributed by atoms with Gasteiger partial charge in [0.2, 0.25) is 5.91 Å². The van der Waals surface area contributed by atoms with Gasteiger partial charge in [-0.1, -0.05) is 17.7 Å². The second-order valence-electron chi connectivity index (χ2n) is 4.42. The lowest BCUT2D eigenvalue weighted by Crippen LogP contribution is -2.22. The number of rotatable bonds is 4. The van der Waals surface area contributed by atoms with Gasteiger partial charge in [-0.2, -0.15) is 0 Å². The highest BCUT2D eigenvalue weighted by Crippen LogP contribution is 2.17. The molecule has 4 nitrogen and oxygen atoms in total. The molecule has 0 radical (unpaired) electrons. The fourth-order valence-corrected chi connectivity index (χ4v) is 2.17. The van der Waals surface area contributed by atoms with Crippen LogP contribution in [0.3, 0.4) is 0 Å². The molecular formula is C13H17ClN2O2. The first-order valence-electron chi connectivity index (χ1n) is 6.28. The Kier molecular flexibility index (Phi) is 4.96. The van der Waals surface area contributed by atoms with Crippen LogP contribution in [0.15, 0.2) is 18.2 Å². The lowest BCUT2D eigenvalue weighted by molar-refractivity contribution is -0.117. The largest absolute Gasteiger partial charge is 0.378 e. The Labute approximate surface area is 112 Å². The van der Waals surface area contributed by atoms with Crippen LogP contribution >= 0.6 is 11.6 Å². The van der Waals surface area contributed by atoms with Crippen molar-refractivity contribution < 1.29 is 9.53 Å². The molecule has 0 spiro atoms. The summed E-state index contributed by atoms with van der Waals surface area (Å²) in [4.78, 5) is 15.7. The number of hydrogen-bond donors (Lipinski definition) is 1. The molecule has 1 aromatic heterocycles. The minimum absolute atomic E-state index is 0.0426. The van der Waals surface area contributed by atoms with Crippen LogP contribution in [0.1, 0.15) is 32.1 Å². The van der Waals surface area contributed by atoms with Crippen LogP contribution in [0.5, 0.6) is 0 Å². The highest BCUT2D eigenvalue weighted by molar-refractivity contribution is 6.29. The van der Waals surface area contributed by atoms with E-state index in [1.807, 2.05) is 0 Å². The van der Waals surface area contributed by atoms with Crippen LogP contribution in [0.25, 0.3) is 0 Å². The van der Waals surface area contributed by atoms with Gasteiger partial charge in [-0.25, -0.2) is 4.98 Å². The molecule has 0 bridgehead atoms. The van der Waals surface area contributed by atoms with Crippen LogP contribution in [0, 0.1) is 0 Å². The van der Waals surface area contributed by atoms with E-state index in [9.17, 15) is 4.79 Å². The Morgan fingerprint density at radius 2 is 2.39 bits per heavy atom. The molecule has 0 aliphatic carbocycles. The number of hydrogen-bond acceptors (Lipinski definition) is 3. The number of halogens is 1. The number of carbonyl (C=O) groups is 1. The summed E-state index contributed by atoms with van der Waals surface area (Å²) in [6, 6.07) is 5.16. The molecule has 0 aromatic carbocycles. The molecule has 98 valence electrons. The Morgan fingerprint density at radius 1 is 1.50 bits per heavy atom. The van der Waals surface area contributed by atoms with Gasteiger partial charge in [-0.05, 0) is 37.8 Å². The van der Waals surface area contributed by atoms with Crippen molar-refractivity contribution in [3.05, 3.63) is 23.4 Å². The van der Waals surface area contributed by atoms with Gasteiger partial charge < -0.3 is 10.1 Å². The highest BCUT2D eigenvalue weighted by Gasteiger charge is 2.15. The fourth-order valence-electron chi connectivity index (χ4n) is 2.01. The molecular weight excluding hydrogens is 252 g/mol. The van der Waals surface area contributed by atoms with Gasteiger partial charge in [0.15, 0.2) is 0 Å². The summed E-state index contributed by atoms with van der Waals surface area (Å²) in [5.74, 6) is 0.455. The number of pyridine rings is 1. The zero-order chi connectivity index (χ0) is 12.8. The van der Waals surface area contributed by atoms with E-state index < -0.39 is 0 Å². The fraction of sp³-hybridized carbons (Fsp3) is 0.538. The van der Waals surface area contributed by atoms with Gasteiger partial charge in [0.25, 0.3) is 0 Å². The molecule has 5 heteroatoms. The maximum Gasteiger partial charge on any atom is 0.225 e. The number of anilines is 1. The van der Waals surface area contributed by atoms with Gasteiger partial charge in [0.05, 0.1) is 6.10 Å². The first kappa shape index (κ1) is 13.3. The third-order valence-electron chi connectivity index (χ3n) is 2.95. The average molecular weight is 269 g/mol. The summed E-state index contributed by atoms with van der Waals surface area (Å²) in [5, 5.41) is 3.11. The van der Waals surface area contributed by atoms with E-state index in [2.05, 4.69) is 10.3 Å². The van der Waals surface area contributed by atoms with Crippen molar-refractivity contribution in [3.8, 4) is 0 Å². The second-order valence-corrected chi connectivity index (χ2v) is 4.81. The third-order valence-corrected chi connectivity index (χ3v) is 3.16. The van der Waals surface area contributed by atoms with E-state index in [0.29, 0.717) is 17.4 Å². The van der Waals surface area contributed by atoms with Gasteiger partial charge in [0.1, 0.15) is 11.0 Å². The minimum atomic E-state index is -0.0426. The molecule has 2 rings (SSSR count). The maximum atomic E-state index is 11.7. The SMILES string of the molecule is O=C(CCC1CCCCO1)Nc1cccc(Cl)n1. The van der Waals surface area contributed by atoms with Crippen LogP contribution in [0.4, 0.5) is 5.82 Å². The predicted molar refractivity (Wildman–Crippen MR) is 70.7 cm³/mol. The lowest BCUT2D eigenvalue weighted by atomic mass is 10.0. The Morgan fingerprint density at radius 3 is 3.11 bits per heavy atom. The number of ether oxygens (including phenoxy) is 1. The van der Waals surface area contributed by atoms with Crippen LogP contribution in [-0.2, 0) is 9.53 Å². The van der Waals surface area contributed by atoms with Crippen molar-refractivity contribution in [2.24, 2.45) is 0 Å². The number of nitrogens with one attached hydrogen (secondary N) is 1. The Bertz CT molecular complexity index is 406. The summed E-state index contributed by atoms with van der Waals surface area (Å²) < 4.78 is 5.58. The van der Waals surface area contributed by atoms with Crippen LogP contribution in [-0.4, -0.2) is 23.6 Å². The van der Waals surface area contributed by atoms with E-state index in [-0.39, 0.29) is 12.0 Å². The van der Waals surface area contributed by atoms with E-state index in [1.165, 1.54) is 6.42 Å². The summed E-state index contributed by atoms with van der Waals surface area (Å²) in [6.07, 6.45) is 4.85. The minimum Gasteiger partial charge on any atom is -0.378 e. The first-order chi connectivity index (χ1) is 8.74. The predicted octanol–water partition coefficient (Wildman–Crippen LogP) is 3.02. The van der Waals surface area contributed by atoms with Crippen molar-refractivity contribution in [2.45, 2.75) is 38.2 Å².